The van der Waals surface area contributed by atoms with Crippen LogP contribution in [0.2, 0.25) is 0 Å². The molecule has 0 atom stereocenters. The molecular weight excluding hydrogens is 665 g/mol. The Morgan fingerprint density at radius 3 is 1.04 bits per heavy atom. The van der Waals surface area contributed by atoms with Crippen molar-refractivity contribution < 1.29 is 9.85 Å². The molecule has 2 aromatic heterocycles. The highest BCUT2D eigenvalue weighted by molar-refractivity contribution is 5.92. The van der Waals surface area contributed by atoms with Gasteiger partial charge in [-0.1, -0.05) is 78.9 Å². The molecule has 6 aromatic carbocycles. The minimum absolute atomic E-state index is 0.00178. The van der Waals surface area contributed by atoms with Crippen molar-refractivity contribution in [3.05, 3.63) is 178 Å². The predicted molar refractivity (Wildman–Crippen MR) is 209 cm³/mol. The number of hydrogen-bond acceptors (Lipinski definition) is 8. The van der Waals surface area contributed by atoms with Gasteiger partial charge in [0.25, 0.3) is 11.4 Å². The van der Waals surface area contributed by atoms with Gasteiger partial charge < -0.3 is 0 Å². The van der Waals surface area contributed by atoms with E-state index in [0.29, 0.717) is 56.0 Å². The Hall–Kier alpha value is -7.46. The highest BCUT2D eigenvalue weighted by Crippen LogP contribution is 2.35. The van der Waals surface area contributed by atoms with Gasteiger partial charge in [0.15, 0.2) is 0 Å². The lowest BCUT2D eigenvalue weighted by atomic mass is 10.0. The second-order valence-corrected chi connectivity index (χ2v) is 12.0. The first kappa shape index (κ1) is 34.0. The average Bonchev–Trinajstić information content (AvgIpc) is 3.20. The van der Waals surface area contributed by atoms with E-state index < -0.39 is 9.85 Å². The molecule has 0 saturated heterocycles. The van der Waals surface area contributed by atoms with Crippen LogP contribution in [0.1, 0.15) is 6.92 Å². The SMILES string of the molecule is C=CC.O=[N+]([O-])c1ccc(-c2nc3cc(-c4ccc5nc(-c6ccccc6)c(-c6ccc([N+](=O)[O-])cc6)nc5c4)ccc3nc2-c2ccccc2)cc1. The van der Waals surface area contributed by atoms with Gasteiger partial charge >= 0.3 is 0 Å². The molecular formula is C43H30N6O4. The Morgan fingerprint density at radius 1 is 0.434 bits per heavy atom. The summed E-state index contributed by atoms with van der Waals surface area (Å²) in [6.45, 7) is 5.25. The summed E-state index contributed by atoms with van der Waals surface area (Å²) in [6.07, 6.45) is 1.75. The van der Waals surface area contributed by atoms with Crippen LogP contribution in [-0.2, 0) is 0 Å². The maximum Gasteiger partial charge on any atom is 0.269 e. The molecule has 8 rings (SSSR count). The Balaban J connectivity index is 0.00000140. The first-order chi connectivity index (χ1) is 25.8. The van der Waals surface area contributed by atoms with E-state index in [4.69, 9.17) is 19.9 Å². The Kier molecular flexibility index (Phi) is 9.50. The Morgan fingerprint density at radius 2 is 0.717 bits per heavy atom. The van der Waals surface area contributed by atoms with Gasteiger partial charge in [0.2, 0.25) is 0 Å². The molecule has 0 saturated carbocycles. The molecule has 0 unspecified atom stereocenters. The van der Waals surface area contributed by atoms with Crippen molar-refractivity contribution in [1.29, 1.82) is 0 Å². The van der Waals surface area contributed by atoms with Crippen molar-refractivity contribution >= 4 is 33.4 Å². The number of benzene rings is 6. The maximum atomic E-state index is 11.3. The second-order valence-electron chi connectivity index (χ2n) is 12.0. The summed E-state index contributed by atoms with van der Waals surface area (Å²) in [5, 5.41) is 22.6. The summed E-state index contributed by atoms with van der Waals surface area (Å²) in [4.78, 5) is 41.9. The second kappa shape index (κ2) is 14.8. The quantitative estimate of drug-likeness (QED) is 0.0912. The molecule has 0 fully saturated rings. The first-order valence-electron chi connectivity index (χ1n) is 16.6. The smallest absolute Gasteiger partial charge is 0.258 e. The summed E-state index contributed by atoms with van der Waals surface area (Å²) in [7, 11) is 0. The van der Waals surface area contributed by atoms with Gasteiger partial charge in [-0.25, -0.2) is 19.9 Å². The van der Waals surface area contributed by atoms with Crippen LogP contribution in [-0.4, -0.2) is 29.8 Å². The monoisotopic (exact) mass is 694 g/mol. The molecule has 0 aliphatic rings. The zero-order valence-electron chi connectivity index (χ0n) is 28.5. The van der Waals surface area contributed by atoms with E-state index in [-0.39, 0.29) is 11.4 Å². The van der Waals surface area contributed by atoms with Gasteiger partial charge in [-0.05, 0) is 66.6 Å². The largest absolute Gasteiger partial charge is 0.269 e. The van der Waals surface area contributed by atoms with Gasteiger partial charge in [-0.2, -0.15) is 0 Å². The molecule has 10 nitrogen and oxygen atoms in total. The number of allylic oxidation sites excluding steroid dienone is 1. The molecule has 0 bridgehead atoms. The molecule has 8 aromatic rings. The predicted octanol–water partition coefficient (Wildman–Crippen LogP) is 10.9. The van der Waals surface area contributed by atoms with E-state index in [2.05, 4.69) is 6.58 Å². The van der Waals surface area contributed by atoms with Crippen LogP contribution >= 0.6 is 0 Å². The molecule has 0 aliphatic carbocycles. The number of non-ortho nitro benzene ring substituents is 2. The fraction of sp³-hybridized carbons (Fsp3) is 0.0233. The van der Waals surface area contributed by atoms with Crippen molar-refractivity contribution in [1.82, 2.24) is 19.9 Å². The minimum Gasteiger partial charge on any atom is -0.258 e. The van der Waals surface area contributed by atoms with Gasteiger partial charge in [0.05, 0.1) is 54.7 Å². The van der Waals surface area contributed by atoms with Crippen LogP contribution in [0.25, 0.3) is 78.2 Å². The first-order valence-corrected chi connectivity index (χ1v) is 16.6. The fourth-order valence-corrected chi connectivity index (χ4v) is 5.95. The molecule has 2 heterocycles. The normalized spacial score (nSPS) is 10.7. The molecule has 0 aliphatic heterocycles. The van der Waals surface area contributed by atoms with E-state index in [0.717, 1.165) is 22.3 Å². The summed E-state index contributed by atoms with van der Waals surface area (Å²) >= 11 is 0. The Bertz CT molecular complexity index is 2450. The summed E-state index contributed by atoms with van der Waals surface area (Å²) in [5.41, 5.74) is 10.3. The zero-order valence-corrected chi connectivity index (χ0v) is 28.5. The number of nitro groups is 2. The molecule has 0 spiro atoms. The summed E-state index contributed by atoms with van der Waals surface area (Å²) < 4.78 is 0. The van der Waals surface area contributed by atoms with Crippen molar-refractivity contribution in [3.8, 4) is 56.2 Å². The van der Waals surface area contributed by atoms with Crippen molar-refractivity contribution in [3.63, 3.8) is 0 Å². The van der Waals surface area contributed by atoms with E-state index >= 15 is 0 Å². The summed E-state index contributed by atoms with van der Waals surface area (Å²) in [5.74, 6) is 0. The maximum absolute atomic E-state index is 11.3. The topological polar surface area (TPSA) is 138 Å². The zero-order chi connectivity index (χ0) is 36.9. The molecule has 256 valence electrons. The van der Waals surface area contributed by atoms with Crippen molar-refractivity contribution in [2.24, 2.45) is 0 Å². The number of nitrogens with zero attached hydrogens (tertiary/aromatic N) is 6. The third-order valence-electron chi connectivity index (χ3n) is 8.46. The standard InChI is InChI=1S/C40H24N6O4.C3H6/c47-45(48)31-17-11-27(12-18-31)39-37(25-7-3-1-4-8-25)41-33-21-15-29(23-35(33)43-39)30-16-22-34-36(24-30)44-40(28-13-19-32(20-14-28)46(49)50)38(42-34)26-9-5-2-6-10-26;1-3-2/h1-24H;3H,1H2,2H3. The average molecular weight is 695 g/mol. The minimum atomic E-state index is -0.425. The third kappa shape index (κ3) is 7.10. The van der Waals surface area contributed by atoms with Crippen LogP contribution in [0.5, 0.6) is 0 Å². The lowest BCUT2D eigenvalue weighted by molar-refractivity contribution is -0.385. The molecule has 0 amide bonds. The van der Waals surface area contributed by atoms with Crippen molar-refractivity contribution in [2.45, 2.75) is 6.92 Å². The van der Waals surface area contributed by atoms with E-state index in [1.165, 1.54) is 24.3 Å². The van der Waals surface area contributed by atoms with Gasteiger partial charge in [-0.3, -0.25) is 20.2 Å². The number of nitro benzene ring substituents is 2. The number of fused-ring (bicyclic) bond motifs is 2. The molecule has 0 N–H and O–H groups in total. The molecule has 0 radical (unpaired) electrons. The number of hydrogen-bond donors (Lipinski definition) is 0. The van der Waals surface area contributed by atoms with Crippen molar-refractivity contribution in [2.75, 3.05) is 0 Å². The third-order valence-corrected chi connectivity index (χ3v) is 8.46. The van der Waals surface area contributed by atoms with E-state index in [9.17, 15) is 20.2 Å². The summed E-state index contributed by atoms with van der Waals surface area (Å²) in [6, 6.07) is 43.9. The molecule has 53 heavy (non-hydrogen) atoms. The lowest BCUT2D eigenvalue weighted by Crippen LogP contribution is -1.97. The van der Waals surface area contributed by atoms with Gasteiger partial charge in [0.1, 0.15) is 0 Å². The van der Waals surface area contributed by atoms with Gasteiger partial charge in [-0.15, -0.1) is 6.58 Å². The van der Waals surface area contributed by atoms with Crippen LogP contribution in [0.3, 0.4) is 0 Å². The van der Waals surface area contributed by atoms with Crippen LogP contribution in [0, 0.1) is 20.2 Å². The highest BCUT2D eigenvalue weighted by atomic mass is 16.6. The lowest BCUT2D eigenvalue weighted by Gasteiger charge is -2.13. The highest BCUT2D eigenvalue weighted by Gasteiger charge is 2.18. The van der Waals surface area contributed by atoms with E-state index in [1.807, 2.05) is 104 Å². The van der Waals surface area contributed by atoms with Crippen LogP contribution in [0.15, 0.2) is 158 Å². The van der Waals surface area contributed by atoms with Crippen LogP contribution < -0.4 is 0 Å². The van der Waals surface area contributed by atoms with E-state index in [1.54, 1.807) is 30.3 Å². The van der Waals surface area contributed by atoms with Crippen LogP contribution in [0.4, 0.5) is 11.4 Å². The molecule has 10 heteroatoms. The number of aromatic nitrogens is 4. The van der Waals surface area contributed by atoms with Gasteiger partial charge in [0, 0.05) is 46.5 Å². The Labute approximate surface area is 304 Å². The fourth-order valence-electron chi connectivity index (χ4n) is 5.95. The number of rotatable bonds is 7.